The maximum Gasteiger partial charge on any atom is 0.244 e. The number of amides is 1. The van der Waals surface area contributed by atoms with Crippen LogP contribution in [-0.4, -0.2) is 25.2 Å². The molecule has 0 aromatic heterocycles. The molecule has 0 bridgehead atoms. The van der Waals surface area contributed by atoms with Gasteiger partial charge < -0.3 is 10.1 Å². The van der Waals surface area contributed by atoms with Crippen molar-refractivity contribution < 1.29 is 13.9 Å². The Morgan fingerprint density at radius 1 is 1.53 bits per heavy atom. The lowest BCUT2D eigenvalue weighted by molar-refractivity contribution is -0.118. The van der Waals surface area contributed by atoms with E-state index in [4.69, 9.17) is 4.74 Å². The number of carbonyl (C=O) groups is 1. The number of allylic oxidation sites excluding steroid dienone is 1. The zero-order valence-electron chi connectivity index (χ0n) is 11.0. The summed E-state index contributed by atoms with van der Waals surface area (Å²) in [5.41, 5.74) is 1.46. The highest BCUT2D eigenvalue weighted by atomic mass is 19.1. The lowest BCUT2D eigenvalue weighted by Crippen LogP contribution is -2.39. The molecule has 0 saturated carbocycles. The minimum absolute atomic E-state index is 0.0813. The van der Waals surface area contributed by atoms with E-state index in [-0.39, 0.29) is 17.8 Å². The summed E-state index contributed by atoms with van der Waals surface area (Å²) in [6.45, 7) is 3.13. The Kier molecular flexibility index (Phi) is 4.68. The number of nitrogens with one attached hydrogen (secondary N) is 1. The fourth-order valence-electron chi connectivity index (χ4n) is 2.11. The van der Waals surface area contributed by atoms with Gasteiger partial charge in [-0.15, -0.1) is 0 Å². The van der Waals surface area contributed by atoms with Crippen molar-refractivity contribution in [1.29, 1.82) is 0 Å². The van der Waals surface area contributed by atoms with E-state index in [1.807, 2.05) is 0 Å². The Balaban J connectivity index is 1.97. The Morgan fingerprint density at radius 2 is 2.37 bits per heavy atom. The molecule has 1 amide bonds. The van der Waals surface area contributed by atoms with Crippen LogP contribution in [0.5, 0.6) is 0 Å². The summed E-state index contributed by atoms with van der Waals surface area (Å²) in [5.74, 6) is -0.455. The van der Waals surface area contributed by atoms with Gasteiger partial charge in [0.2, 0.25) is 5.91 Å². The number of benzene rings is 1. The molecule has 0 aliphatic carbocycles. The molecule has 1 aromatic rings. The zero-order valence-corrected chi connectivity index (χ0v) is 11.0. The van der Waals surface area contributed by atoms with Crippen molar-refractivity contribution in [2.75, 3.05) is 13.2 Å². The van der Waals surface area contributed by atoms with Gasteiger partial charge in [0.1, 0.15) is 5.82 Å². The van der Waals surface area contributed by atoms with Gasteiger partial charge in [-0.05, 0) is 43.0 Å². The fourth-order valence-corrected chi connectivity index (χ4v) is 2.11. The van der Waals surface area contributed by atoms with Crippen LogP contribution in [0.1, 0.15) is 25.3 Å². The first-order valence-electron chi connectivity index (χ1n) is 6.47. The fraction of sp³-hybridized carbons (Fsp3) is 0.400. The second-order valence-corrected chi connectivity index (χ2v) is 4.76. The Bertz CT molecular complexity index is 479. The van der Waals surface area contributed by atoms with Gasteiger partial charge in [0.25, 0.3) is 0 Å². The third-order valence-electron chi connectivity index (χ3n) is 3.13. The second kappa shape index (κ2) is 6.48. The van der Waals surface area contributed by atoms with E-state index >= 15 is 0 Å². The smallest absolute Gasteiger partial charge is 0.244 e. The van der Waals surface area contributed by atoms with Gasteiger partial charge in [0.05, 0.1) is 12.6 Å². The van der Waals surface area contributed by atoms with Crippen LogP contribution >= 0.6 is 0 Å². The molecular formula is C15H18FNO2. The molecule has 102 valence electrons. The van der Waals surface area contributed by atoms with Crippen LogP contribution in [0.15, 0.2) is 30.3 Å². The average Bonchev–Trinajstić information content (AvgIpc) is 2.39. The first-order chi connectivity index (χ1) is 9.15. The summed E-state index contributed by atoms with van der Waals surface area (Å²) in [6.07, 6.45) is 3.42. The summed E-state index contributed by atoms with van der Waals surface area (Å²) in [6, 6.07) is 6.30. The minimum atomic E-state index is -0.300. The Morgan fingerprint density at radius 3 is 3.05 bits per heavy atom. The van der Waals surface area contributed by atoms with Gasteiger partial charge in [-0.3, -0.25) is 4.79 Å². The number of ether oxygens (including phenoxy) is 1. The van der Waals surface area contributed by atoms with E-state index in [2.05, 4.69) is 5.32 Å². The minimum Gasteiger partial charge on any atom is -0.379 e. The number of halogens is 1. The van der Waals surface area contributed by atoms with Crippen molar-refractivity contribution in [2.45, 2.75) is 25.8 Å². The maximum atomic E-state index is 13.1. The van der Waals surface area contributed by atoms with Gasteiger partial charge in [0.15, 0.2) is 0 Å². The highest BCUT2D eigenvalue weighted by Crippen LogP contribution is 2.14. The van der Waals surface area contributed by atoms with Crippen molar-refractivity contribution in [1.82, 2.24) is 5.32 Å². The van der Waals surface area contributed by atoms with Crippen LogP contribution in [0, 0.1) is 5.82 Å². The predicted molar refractivity (Wildman–Crippen MR) is 72.0 cm³/mol. The maximum absolute atomic E-state index is 13.1. The number of hydrogen-bond acceptors (Lipinski definition) is 2. The molecule has 1 aromatic carbocycles. The van der Waals surface area contributed by atoms with Crippen molar-refractivity contribution in [2.24, 2.45) is 0 Å². The summed E-state index contributed by atoms with van der Waals surface area (Å²) in [7, 11) is 0. The van der Waals surface area contributed by atoms with E-state index in [1.165, 1.54) is 18.2 Å². The van der Waals surface area contributed by atoms with E-state index in [0.29, 0.717) is 6.61 Å². The molecule has 1 saturated heterocycles. The molecule has 1 unspecified atom stereocenters. The summed E-state index contributed by atoms with van der Waals surface area (Å²) in [5, 5.41) is 2.90. The zero-order chi connectivity index (χ0) is 13.7. The average molecular weight is 263 g/mol. The van der Waals surface area contributed by atoms with Crippen LogP contribution < -0.4 is 5.32 Å². The molecule has 4 heteroatoms. The highest BCUT2D eigenvalue weighted by molar-refractivity contribution is 5.95. The molecule has 1 N–H and O–H groups in total. The topological polar surface area (TPSA) is 38.3 Å². The van der Waals surface area contributed by atoms with Crippen molar-refractivity contribution >= 4 is 11.5 Å². The molecule has 0 radical (unpaired) electrons. The number of carbonyl (C=O) groups excluding carboxylic acids is 1. The molecule has 1 fully saturated rings. The summed E-state index contributed by atoms with van der Waals surface area (Å²) in [4.78, 5) is 11.8. The molecular weight excluding hydrogens is 245 g/mol. The lowest BCUT2D eigenvalue weighted by atomic mass is 10.1. The largest absolute Gasteiger partial charge is 0.379 e. The van der Waals surface area contributed by atoms with Crippen LogP contribution in [0.25, 0.3) is 5.57 Å². The summed E-state index contributed by atoms with van der Waals surface area (Å²) >= 11 is 0. The highest BCUT2D eigenvalue weighted by Gasteiger charge is 2.15. The molecule has 19 heavy (non-hydrogen) atoms. The number of rotatable bonds is 3. The van der Waals surface area contributed by atoms with Crippen LogP contribution in [0.4, 0.5) is 4.39 Å². The normalized spacial score (nSPS) is 20.1. The first kappa shape index (κ1) is 13.7. The van der Waals surface area contributed by atoms with Gasteiger partial charge in [0, 0.05) is 12.7 Å². The van der Waals surface area contributed by atoms with Gasteiger partial charge in [-0.25, -0.2) is 4.39 Å². The van der Waals surface area contributed by atoms with Gasteiger partial charge in [-0.1, -0.05) is 12.1 Å². The van der Waals surface area contributed by atoms with E-state index in [1.54, 1.807) is 19.1 Å². The third kappa shape index (κ3) is 4.17. The molecule has 1 aliphatic heterocycles. The second-order valence-electron chi connectivity index (χ2n) is 4.76. The van der Waals surface area contributed by atoms with E-state index < -0.39 is 0 Å². The van der Waals surface area contributed by atoms with Crippen LogP contribution in [0.2, 0.25) is 0 Å². The first-order valence-corrected chi connectivity index (χ1v) is 6.47. The molecule has 1 heterocycles. The van der Waals surface area contributed by atoms with Crippen molar-refractivity contribution in [3.8, 4) is 0 Å². The molecule has 1 atom stereocenters. The monoisotopic (exact) mass is 263 g/mol. The Hall–Kier alpha value is -1.68. The van der Waals surface area contributed by atoms with Crippen molar-refractivity contribution in [3.05, 3.63) is 41.7 Å². The van der Waals surface area contributed by atoms with Gasteiger partial charge >= 0.3 is 0 Å². The van der Waals surface area contributed by atoms with Crippen LogP contribution in [-0.2, 0) is 9.53 Å². The Labute approximate surface area is 112 Å². The molecule has 1 aliphatic rings. The van der Waals surface area contributed by atoms with Crippen LogP contribution in [0.3, 0.4) is 0 Å². The molecule has 2 rings (SSSR count). The van der Waals surface area contributed by atoms with E-state index in [0.717, 1.165) is 30.6 Å². The summed E-state index contributed by atoms with van der Waals surface area (Å²) < 4.78 is 18.4. The SMILES string of the molecule is CC(=CC(=O)NC1CCCOC1)c1cccc(F)c1. The quantitative estimate of drug-likeness (QED) is 0.851. The van der Waals surface area contributed by atoms with Crippen molar-refractivity contribution in [3.63, 3.8) is 0 Å². The van der Waals surface area contributed by atoms with E-state index in [9.17, 15) is 9.18 Å². The molecule has 3 nitrogen and oxygen atoms in total. The lowest BCUT2D eigenvalue weighted by Gasteiger charge is -2.22. The number of hydrogen-bond donors (Lipinski definition) is 1. The predicted octanol–water partition coefficient (Wildman–Crippen LogP) is 2.52. The third-order valence-corrected chi connectivity index (χ3v) is 3.13. The van der Waals surface area contributed by atoms with Gasteiger partial charge in [-0.2, -0.15) is 0 Å². The molecule has 0 spiro atoms. The standard InChI is InChI=1S/C15H18FNO2/c1-11(12-4-2-5-13(16)9-12)8-15(18)17-14-6-3-7-19-10-14/h2,4-5,8-9,14H,3,6-7,10H2,1H3,(H,17,18).